The Bertz CT molecular complexity index is 848. The van der Waals surface area contributed by atoms with E-state index in [-0.39, 0.29) is 17.4 Å². The van der Waals surface area contributed by atoms with Gasteiger partial charge in [0, 0.05) is 29.6 Å². The molecule has 1 aromatic carbocycles. The summed E-state index contributed by atoms with van der Waals surface area (Å²) >= 11 is 0. The van der Waals surface area contributed by atoms with E-state index in [0.29, 0.717) is 36.9 Å². The Kier molecular flexibility index (Phi) is 2.27. The molecule has 1 amide bonds. The van der Waals surface area contributed by atoms with Crippen LogP contribution in [0, 0.1) is 11.8 Å². The van der Waals surface area contributed by atoms with Gasteiger partial charge in [0.15, 0.2) is 0 Å². The fourth-order valence-electron chi connectivity index (χ4n) is 7.51. The van der Waals surface area contributed by atoms with Gasteiger partial charge in [0.05, 0.1) is 25.2 Å². The maximum Gasteiger partial charge on any atom is 0.229 e. The highest BCUT2D eigenvalue weighted by atomic mass is 16.5. The molecule has 1 spiro atoms. The monoisotopic (exact) mass is 334 g/mol. The number of piperidine rings is 2. The second kappa shape index (κ2) is 4.18. The molecule has 0 radical (unpaired) electrons. The summed E-state index contributed by atoms with van der Waals surface area (Å²) in [4.78, 5) is 18.1. The van der Waals surface area contributed by atoms with Crippen LogP contribution in [-0.4, -0.2) is 48.7 Å². The SMILES string of the molecule is O=C1C[C@@H]2OCC=C3CN4CC[C@]56c7ccccc7N1[C@H]5C2[C@H]3C[C@H]46. The Morgan fingerprint density at radius 3 is 3.12 bits per heavy atom. The van der Waals surface area contributed by atoms with Gasteiger partial charge in [-0.3, -0.25) is 9.69 Å². The van der Waals surface area contributed by atoms with Crippen molar-refractivity contribution < 1.29 is 9.53 Å². The van der Waals surface area contributed by atoms with Crippen LogP contribution in [0.25, 0.3) is 0 Å². The predicted octanol–water partition coefficient (Wildman–Crippen LogP) is 2.09. The van der Waals surface area contributed by atoms with E-state index < -0.39 is 0 Å². The van der Waals surface area contributed by atoms with Crippen molar-refractivity contribution in [1.82, 2.24) is 4.90 Å². The Labute approximate surface area is 147 Å². The normalized spacial score (nSPS) is 45.9. The summed E-state index contributed by atoms with van der Waals surface area (Å²) < 4.78 is 6.25. The van der Waals surface area contributed by atoms with E-state index in [1.807, 2.05) is 0 Å². The van der Waals surface area contributed by atoms with Crippen LogP contribution in [0.15, 0.2) is 35.9 Å². The number of anilines is 1. The molecule has 6 atom stereocenters. The summed E-state index contributed by atoms with van der Waals surface area (Å²) in [7, 11) is 0. The molecule has 1 aromatic rings. The van der Waals surface area contributed by atoms with Crippen LogP contribution >= 0.6 is 0 Å². The molecule has 4 heteroatoms. The lowest BCUT2D eigenvalue weighted by Gasteiger charge is -2.58. The van der Waals surface area contributed by atoms with Crippen molar-refractivity contribution in [2.24, 2.45) is 11.8 Å². The van der Waals surface area contributed by atoms with Gasteiger partial charge in [-0.05, 0) is 36.9 Å². The van der Waals surface area contributed by atoms with Gasteiger partial charge in [0.2, 0.25) is 5.91 Å². The van der Waals surface area contributed by atoms with Crippen LogP contribution in [0.2, 0.25) is 0 Å². The average Bonchev–Trinajstić information content (AvgIpc) is 3.10. The number of carbonyl (C=O) groups is 1. The maximum atomic E-state index is 13.2. The number of hydrogen-bond donors (Lipinski definition) is 0. The van der Waals surface area contributed by atoms with E-state index in [1.54, 1.807) is 5.57 Å². The molecule has 4 nitrogen and oxygen atoms in total. The molecular formula is C21H22N2O2. The summed E-state index contributed by atoms with van der Waals surface area (Å²) in [5.74, 6) is 1.35. The van der Waals surface area contributed by atoms with Gasteiger partial charge in [-0.2, -0.15) is 0 Å². The number of benzene rings is 1. The van der Waals surface area contributed by atoms with E-state index in [0.717, 1.165) is 6.54 Å². The van der Waals surface area contributed by atoms with Gasteiger partial charge < -0.3 is 9.64 Å². The highest BCUT2D eigenvalue weighted by molar-refractivity contribution is 5.99. The molecule has 128 valence electrons. The van der Waals surface area contributed by atoms with Crippen LogP contribution in [0.4, 0.5) is 5.69 Å². The maximum absolute atomic E-state index is 13.2. The topological polar surface area (TPSA) is 32.8 Å². The van der Waals surface area contributed by atoms with E-state index in [2.05, 4.69) is 40.1 Å². The first kappa shape index (κ1) is 13.5. The van der Waals surface area contributed by atoms with Crippen LogP contribution in [0.1, 0.15) is 24.8 Å². The van der Waals surface area contributed by atoms with Gasteiger partial charge in [0.1, 0.15) is 0 Å². The lowest BCUT2D eigenvalue weighted by molar-refractivity contribution is -0.132. The van der Waals surface area contributed by atoms with Crippen molar-refractivity contribution >= 4 is 11.6 Å². The fraction of sp³-hybridized carbons (Fsp3) is 0.571. The number of nitrogens with zero attached hydrogens (tertiary/aromatic N) is 2. The zero-order valence-corrected chi connectivity index (χ0v) is 14.2. The second-order valence-electron chi connectivity index (χ2n) is 8.78. The van der Waals surface area contributed by atoms with Gasteiger partial charge >= 0.3 is 0 Å². The molecular weight excluding hydrogens is 312 g/mol. The van der Waals surface area contributed by atoms with Crippen LogP contribution in [-0.2, 0) is 14.9 Å². The van der Waals surface area contributed by atoms with Crippen molar-refractivity contribution in [1.29, 1.82) is 0 Å². The third-order valence-electron chi connectivity index (χ3n) is 8.22. The molecule has 6 aliphatic rings. The molecule has 2 bridgehead atoms. The molecule has 0 N–H and O–H groups in total. The van der Waals surface area contributed by atoms with Crippen LogP contribution in [0.5, 0.6) is 0 Å². The highest BCUT2D eigenvalue weighted by Gasteiger charge is 2.70. The van der Waals surface area contributed by atoms with Gasteiger partial charge in [-0.25, -0.2) is 0 Å². The van der Waals surface area contributed by atoms with Crippen LogP contribution in [0.3, 0.4) is 0 Å². The highest BCUT2D eigenvalue weighted by Crippen LogP contribution is 2.65. The Morgan fingerprint density at radius 1 is 1.24 bits per heavy atom. The third-order valence-corrected chi connectivity index (χ3v) is 8.22. The standard InChI is InChI=1S/C21H22N2O2/c24-18-10-16-19-13-9-17-21(6-7-22(17)11-12(13)5-8-25-16)14-3-1-2-4-15(14)23(18)20(19)21/h1-5,13,16-17,19-20H,6-11H2/t13-,16-,17-,19?,20-,21+/m0/s1. The van der Waals surface area contributed by atoms with E-state index in [1.165, 1.54) is 30.6 Å². The third kappa shape index (κ3) is 1.33. The summed E-state index contributed by atoms with van der Waals surface area (Å²) in [6, 6.07) is 9.64. The lowest BCUT2D eigenvalue weighted by atomic mass is 9.53. The number of rotatable bonds is 0. The van der Waals surface area contributed by atoms with Gasteiger partial charge in [-0.15, -0.1) is 0 Å². The molecule has 4 fully saturated rings. The zero-order chi connectivity index (χ0) is 16.3. The van der Waals surface area contributed by atoms with Crippen molar-refractivity contribution in [3.05, 3.63) is 41.5 Å². The lowest BCUT2D eigenvalue weighted by Crippen LogP contribution is -2.69. The van der Waals surface area contributed by atoms with Gasteiger partial charge in [-0.1, -0.05) is 29.8 Å². The van der Waals surface area contributed by atoms with E-state index in [9.17, 15) is 4.79 Å². The molecule has 1 unspecified atom stereocenters. The Balaban J connectivity index is 1.55. The van der Waals surface area contributed by atoms with Gasteiger partial charge in [0.25, 0.3) is 0 Å². The van der Waals surface area contributed by atoms with E-state index >= 15 is 0 Å². The zero-order valence-electron chi connectivity index (χ0n) is 14.2. The number of para-hydroxylation sites is 1. The number of ether oxygens (including phenoxy) is 1. The minimum Gasteiger partial charge on any atom is -0.373 e. The summed E-state index contributed by atoms with van der Waals surface area (Å²) in [6.07, 6.45) is 5.43. The molecule has 0 aromatic heterocycles. The molecule has 5 heterocycles. The molecule has 5 aliphatic heterocycles. The van der Waals surface area contributed by atoms with Crippen molar-refractivity contribution in [2.45, 2.75) is 42.9 Å². The molecule has 3 saturated heterocycles. The Morgan fingerprint density at radius 2 is 2.16 bits per heavy atom. The number of fused-ring (bicyclic) bond motifs is 2. The Hall–Kier alpha value is -1.65. The largest absolute Gasteiger partial charge is 0.373 e. The first-order valence-corrected chi connectivity index (χ1v) is 9.75. The predicted molar refractivity (Wildman–Crippen MR) is 93.4 cm³/mol. The minimum atomic E-state index is 0.104. The number of hydrogen-bond acceptors (Lipinski definition) is 3. The quantitative estimate of drug-likeness (QED) is 0.681. The molecule has 7 rings (SSSR count). The molecule has 1 saturated carbocycles. The second-order valence-corrected chi connectivity index (χ2v) is 8.78. The van der Waals surface area contributed by atoms with E-state index in [4.69, 9.17) is 4.74 Å². The summed E-state index contributed by atoms with van der Waals surface area (Å²) in [5, 5.41) is 0. The van der Waals surface area contributed by atoms with Crippen molar-refractivity contribution in [3.63, 3.8) is 0 Å². The number of carbonyl (C=O) groups excluding carboxylic acids is 1. The van der Waals surface area contributed by atoms with Crippen molar-refractivity contribution in [3.8, 4) is 0 Å². The van der Waals surface area contributed by atoms with Crippen LogP contribution < -0.4 is 4.90 Å². The first-order chi connectivity index (χ1) is 12.3. The van der Waals surface area contributed by atoms with Crippen molar-refractivity contribution in [2.75, 3.05) is 24.6 Å². The molecule has 25 heavy (non-hydrogen) atoms. The average molecular weight is 334 g/mol. The smallest absolute Gasteiger partial charge is 0.229 e. The minimum absolute atomic E-state index is 0.104. The summed E-state index contributed by atoms with van der Waals surface area (Å²) in [6.45, 7) is 2.97. The summed E-state index contributed by atoms with van der Waals surface area (Å²) in [5.41, 5.74) is 4.35. The number of amides is 1. The molecule has 1 aliphatic carbocycles. The fourth-order valence-corrected chi connectivity index (χ4v) is 7.51. The first-order valence-electron chi connectivity index (χ1n) is 9.75.